The van der Waals surface area contributed by atoms with Gasteiger partial charge in [-0.2, -0.15) is 0 Å². The molecule has 0 radical (unpaired) electrons. The van der Waals surface area contributed by atoms with Gasteiger partial charge in [0.2, 0.25) is 0 Å². The van der Waals surface area contributed by atoms with E-state index in [1.54, 1.807) is 36.4 Å². The third-order valence-electron chi connectivity index (χ3n) is 4.85. The van der Waals surface area contributed by atoms with Gasteiger partial charge in [-0.05, 0) is 30.3 Å². The quantitative estimate of drug-likeness (QED) is 0.256. The Bertz CT molecular complexity index is 1200. The summed E-state index contributed by atoms with van der Waals surface area (Å²) >= 11 is 21.5. The van der Waals surface area contributed by atoms with Gasteiger partial charge in [-0.3, -0.25) is 4.79 Å². The van der Waals surface area contributed by atoms with E-state index in [0.717, 1.165) is 6.92 Å². The van der Waals surface area contributed by atoms with E-state index < -0.39 is 17.5 Å². The highest BCUT2D eigenvalue weighted by Gasteiger charge is 2.53. The van der Waals surface area contributed by atoms with Crippen LogP contribution in [-0.2, 0) is 15.1 Å². The second-order valence-corrected chi connectivity index (χ2v) is 8.61. The molecule has 0 aromatic heterocycles. The van der Waals surface area contributed by atoms with E-state index in [4.69, 9.17) is 42.6 Å². The summed E-state index contributed by atoms with van der Waals surface area (Å²) in [4.78, 5) is 22.8. The van der Waals surface area contributed by atoms with Crippen molar-refractivity contribution in [3.05, 3.63) is 80.8 Å². The maximum absolute atomic E-state index is 12.7. The fourth-order valence-electron chi connectivity index (χ4n) is 3.69. The largest absolute Gasteiger partial charge is 0.481 e. The number of aliphatic carboxylic acids is 1. The van der Waals surface area contributed by atoms with Crippen LogP contribution in [0.2, 0.25) is 10.0 Å². The third-order valence-corrected chi connectivity index (χ3v) is 6.48. The molecule has 0 aliphatic carbocycles. The van der Waals surface area contributed by atoms with Crippen molar-refractivity contribution in [2.45, 2.75) is 22.3 Å². The second kappa shape index (κ2) is 7.98. The molecule has 0 unspecified atom stereocenters. The van der Waals surface area contributed by atoms with Crippen molar-refractivity contribution in [2.24, 2.45) is 0 Å². The van der Waals surface area contributed by atoms with Crippen molar-refractivity contribution < 1.29 is 24.2 Å². The lowest BCUT2D eigenvalue weighted by Crippen LogP contribution is -2.33. The zero-order valence-electron chi connectivity index (χ0n) is 15.8. The van der Waals surface area contributed by atoms with Crippen LogP contribution in [0.4, 0.5) is 0 Å². The van der Waals surface area contributed by atoms with Crippen LogP contribution in [0.25, 0.3) is 0 Å². The van der Waals surface area contributed by atoms with Crippen molar-refractivity contribution in [2.75, 3.05) is 0 Å². The molecule has 5 nitrogen and oxygen atoms in total. The van der Waals surface area contributed by atoms with Crippen molar-refractivity contribution in [1.29, 1.82) is 0 Å². The van der Waals surface area contributed by atoms with Gasteiger partial charge in [-0.15, -0.1) is 25.3 Å². The van der Waals surface area contributed by atoms with Crippen LogP contribution < -0.4 is 4.74 Å². The number of hydrogen-bond donors (Lipinski definition) is 3. The number of thiol groups is 2. The first kappa shape index (κ1) is 21.9. The predicted octanol–water partition coefficient (Wildman–Crippen LogP) is 6.23. The number of rotatable bonds is 0. The fraction of sp³-hybridized carbons (Fsp3) is 0.0909. The number of ether oxygens (including phenoxy) is 2. The number of fused-ring (bicyclic) bond motifs is 6. The Hall–Kier alpha value is -2.32. The normalized spacial score (nSPS) is 14.4. The molecule has 0 atom stereocenters. The first-order valence-corrected chi connectivity index (χ1v) is 10.6. The van der Waals surface area contributed by atoms with Gasteiger partial charge in [0.1, 0.15) is 11.5 Å². The molecular weight excluding hydrogens is 479 g/mol. The van der Waals surface area contributed by atoms with E-state index in [0.29, 0.717) is 53.6 Å². The highest BCUT2D eigenvalue weighted by Crippen LogP contribution is 2.57. The summed E-state index contributed by atoms with van der Waals surface area (Å²) in [6.07, 6.45) is 0. The lowest BCUT2D eigenvalue weighted by Gasteiger charge is -2.37. The van der Waals surface area contributed by atoms with Gasteiger partial charge >= 0.3 is 5.97 Å². The standard InChI is InChI=1S/C20H10Cl2O3S2.C2H4O2/c21-13-5-11-15(7-17(13)26)24-16-8-18(27)14(22)6-12(16)20(11)10-4-2-1-3-9(10)19(23)25-20;1-2(3)4/h1-8,26-27H;1H3,(H,3,4). The molecule has 2 heterocycles. The minimum atomic E-state index is -1.20. The zero-order valence-corrected chi connectivity index (χ0v) is 19.2. The summed E-state index contributed by atoms with van der Waals surface area (Å²) < 4.78 is 12.1. The van der Waals surface area contributed by atoms with Gasteiger partial charge in [-0.1, -0.05) is 41.4 Å². The Morgan fingerprint density at radius 2 is 1.42 bits per heavy atom. The summed E-state index contributed by atoms with van der Waals surface area (Å²) in [6.45, 7) is 1.08. The van der Waals surface area contributed by atoms with Gasteiger partial charge in [0.05, 0.1) is 15.6 Å². The van der Waals surface area contributed by atoms with Gasteiger partial charge in [0.25, 0.3) is 5.97 Å². The smallest absolute Gasteiger partial charge is 0.340 e. The molecule has 1 N–H and O–H groups in total. The van der Waals surface area contributed by atoms with Crippen LogP contribution in [0.15, 0.2) is 58.3 Å². The van der Waals surface area contributed by atoms with Crippen LogP contribution in [0.3, 0.4) is 0 Å². The molecule has 9 heteroatoms. The maximum Gasteiger partial charge on any atom is 0.340 e. The molecule has 5 rings (SSSR count). The molecular formula is C22H14Cl2O5S2. The molecule has 0 amide bonds. The summed E-state index contributed by atoms with van der Waals surface area (Å²) in [7, 11) is 0. The lowest BCUT2D eigenvalue weighted by atomic mass is 9.78. The van der Waals surface area contributed by atoms with E-state index in [1.807, 2.05) is 12.1 Å². The highest BCUT2D eigenvalue weighted by atomic mass is 35.5. The number of carbonyl (C=O) groups is 2. The molecule has 3 aromatic rings. The summed E-state index contributed by atoms with van der Waals surface area (Å²) in [5.41, 5.74) is 1.26. The first-order chi connectivity index (χ1) is 14.6. The summed E-state index contributed by atoms with van der Waals surface area (Å²) in [5.74, 6) is -0.227. The third kappa shape index (κ3) is 3.55. The first-order valence-electron chi connectivity index (χ1n) is 8.91. The number of benzene rings is 3. The van der Waals surface area contributed by atoms with E-state index in [1.165, 1.54) is 0 Å². The van der Waals surface area contributed by atoms with E-state index >= 15 is 0 Å². The van der Waals surface area contributed by atoms with Crippen LogP contribution in [-0.4, -0.2) is 17.0 Å². The van der Waals surface area contributed by atoms with Gasteiger partial charge < -0.3 is 14.6 Å². The second-order valence-electron chi connectivity index (χ2n) is 6.84. The summed E-state index contributed by atoms with van der Waals surface area (Å²) in [5, 5.41) is 8.28. The fourth-order valence-corrected chi connectivity index (χ4v) is 4.38. The molecule has 2 aliphatic heterocycles. The van der Waals surface area contributed by atoms with Crippen molar-refractivity contribution in [1.82, 2.24) is 0 Å². The monoisotopic (exact) mass is 492 g/mol. The Morgan fingerprint density at radius 3 is 1.94 bits per heavy atom. The Kier molecular flexibility index (Phi) is 5.64. The topological polar surface area (TPSA) is 72.8 Å². The number of esters is 1. The number of halogens is 2. The number of carboxylic acids is 1. The molecule has 0 saturated heterocycles. The molecule has 1 spiro atoms. The SMILES string of the molecule is CC(=O)O.O=C1OC2(c3cc(Cl)c(S)cc3Oc3cc(S)c(Cl)cc32)c2ccccc21. The molecule has 0 saturated carbocycles. The van der Waals surface area contributed by atoms with E-state index in [2.05, 4.69) is 25.3 Å². The number of carboxylic acid groups (broad SMARTS) is 1. The molecule has 0 fully saturated rings. The van der Waals surface area contributed by atoms with E-state index in [-0.39, 0.29) is 0 Å². The van der Waals surface area contributed by atoms with Crippen LogP contribution in [0, 0.1) is 0 Å². The maximum atomic E-state index is 12.7. The van der Waals surface area contributed by atoms with Gasteiger partial charge in [0.15, 0.2) is 5.60 Å². The Balaban J connectivity index is 0.000000535. The zero-order chi connectivity index (χ0) is 22.5. The minimum absolute atomic E-state index is 0.415. The number of hydrogen-bond acceptors (Lipinski definition) is 6. The minimum Gasteiger partial charge on any atom is -0.481 e. The van der Waals surface area contributed by atoms with E-state index in [9.17, 15) is 4.79 Å². The Morgan fingerprint density at radius 1 is 0.935 bits per heavy atom. The van der Waals surface area contributed by atoms with Crippen molar-refractivity contribution in [3.63, 3.8) is 0 Å². The van der Waals surface area contributed by atoms with Gasteiger partial charge in [0, 0.05) is 33.4 Å². The predicted molar refractivity (Wildman–Crippen MR) is 123 cm³/mol. The molecule has 3 aromatic carbocycles. The van der Waals surface area contributed by atoms with Crippen LogP contribution in [0.5, 0.6) is 11.5 Å². The molecule has 31 heavy (non-hydrogen) atoms. The average molecular weight is 493 g/mol. The molecule has 2 aliphatic rings. The van der Waals surface area contributed by atoms with Crippen molar-refractivity contribution >= 4 is 60.4 Å². The van der Waals surface area contributed by atoms with Crippen LogP contribution >= 0.6 is 48.5 Å². The molecule has 0 bridgehead atoms. The van der Waals surface area contributed by atoms with Crippen molar-refractivity contribution in [3.8, 4) is 11.5 Å². The molecule has 158 valence electrons. The number of carbonyl (C=O) groups excluding carboxylic acids is 1. The summed E-state index contributed by atoms with van der Waals surface area (Å²) in [6, 6.07) is 14.1. The van der Waals surface area contributed by atoms with Gasteiger partial charge in [-0.25, -0.2) is 4.79 Å². The van der Waals surface area contributed by atoms with Crippen LogP contribution in [0.1, 0.15) is 34.0 Å². The average Bonchev–Trinajstić information content (AvgIpc) is 2.99. The highest BCUT2D eigenvalue weighted by molar-refractivity contribution is 7.80. The Labute approximate surface area is 198 Å². The lowest BCUT2D eigenvalue weighted by molar-refractivity contribution is -0.134.